The lowest BCUT2D eigenvalue weighted by Crippen LogP contribution is -2.58. The molecule has 4 saturated heterocycles. The van der Waals surface area contributed by atoms with Crippen LogP contribution in [-0.2, 0) is 0 Å². The van der Waals surface area contributed by atoms with Crippen LogP contribution in [0.25, 0.3) is 37.8 Å². The van der Waals surface area contributed by atoms with Crippen LogP contribution < -0.4 is 20.7 Å². The molecule has 4 atom stereocenters. The van der Waals surface area contributed by atoms with Gasteiger partial charge in [0.15, 0.2) is 11.6 Å². The van der Waals surface area contributed by atoms with Gasteiger partial charge in [-0.05, 0) is 50.6 Å². The number of nitriles is 1. The largest absolute Gasteiger partial charge is 0.461 e. The summed E-state index contributed by atoms with van der Waals surface area (Å²) in [6.07, 6.45) is 2.94. The van der Waals surface area contributed by atoms with Gasteiger partial charge in [-0.25, -0.2) is 13.2 Å². The molecule has 15 heteroatoms. The van der Waals surface area contributed by atoms with Gasteiger partial charge in [0.2, 0.25) is 0 Å². The number of nitrogens with zero attached hydrogens (tertiary/aromatic N) is 6. The summed E-state index contributed by atoms with van der Waals surface area (Å²) in [6, 6.07) is 1.79. The number of nitrogens with one attached hydrogen (secondary N) is 1. The highest BCUT2D eigenvalue weighted by atomic mass is 32.1. The first-order valence-electron chi connectivity index (χ1n) is 16.2. The number of nitrogen functional groups attached to an aromatic ring is 1. The van der Waals surface area contributed by atoms with Gasteiger partial charge in [0.05, 0.1) is 38.6 Å². The predicted molar refractivity (Wildman–Crippen MR) is 175 cm³/mol. The number of hydrogen-bond acceptors (Lipinski definition) is 10. The monoisotopic (exact) mass is 692 g/mol. The van der Waals surface area contributed by atoms with E-state index in [1.54, 1.807) is 0 Å². The maximum absolute atomic E-state index is 17.1. The van der Waals surface area contributed by atoms with Crippen LogP contribution in [0.3, 0.4) is 0 Å². The third-order valence-electron chi connectivity index (χ3n) is 11.1. The lowest BCUT2D eigenvalue weighted by Gasteiger charge is -2.41. The van der Waals surface area contributed by atoms with Crippen LogP contribution in [0.5, 0.6) is 6.01 Å². The third kappa shape index (κ3) is 4.36. The van der Waals surface area contributed by atoms with E-state index in [0.717, 1.165) is 36.8 Å². The maximum atomic E-state index is 17.1. The molecule has 0 unspecified atom stereocenters. The van der Waals surface area contributed by atoms with Crippen LogP contribution in [0.15, 0.2) is 24.4 Å². The van der Waals surface area contributed by atoms with Gasteiger partial charge in [0, 0.05) is 47.7 Å². The molecular weight excluding hydrogens is 663 g/mol. The molecule has 4 fully saturated rings. The van der Waals surface area contributed by atoms with Crippen molar-refractivity contribution in [1.82, 2.24) is 25.2 Å². The van der Waals surface area contributed by atoms with Crippen molar-refractivity contribution in [3.05, 3.63) is 53.0 Å². The highest BCUT2D eigenvalue weighted by molar-refractivity contribution is 7.23. The fraction of sp³-hybridized carbons (Fsp3) is 0.412. The molecular formula is C34H29F5N8OS. The molecule has 5 aliphatic heterocycles. The van der Waals surface area contributed by atoms with Crippen molar-refractivity contribution in [2.24, 2.45) is 0 Å². The molecule has 8 heterocycles. The third-order valence-corrected chi connectivity index (χ3v) is 12.1. The zero-order valence-corrected chi connectivity index (χ0v) is 26.9. The quantitative estimate of drug-likeness (QED) is 0.239. The molecule has 1 aromatic carbocycles. The Morgan fingerprint density at radius 3 is 2.82 bits per heavy atom. The lowest BCUT2D eigenvalue weighted by atomic mass is 9.91. The number of nitrogens with two attached hydrogens (primary N) is 1. The zero-order chi connectivity index (χ0) is 33.9. The van der Waals surface area contributed by atoms with Crippen LogP contribution in [0.2, 0.25) is 0 Å². The van der Waals surface area contributed by atoms with Gasteiger partial charge in [0.25, 0.3) is 6.08 Å². The second kappa shape index (κ2) is 10.8. The number of fused-ring (bicyclic) bond motifs is 7. The average Bonchev–Trinajstić information content (AvgIpc) is 3.82. The Kier molecular flexibility index (Phi) is 6.76. The van der Waals surface area contributed by atoms with Gasteiger partial charge in [-0.3, -0.25) is 9.88 Å². The van der Waals surface area contributed by atoms with Crippen LogP contribution >= 0.6 is 11.3 Å². The summed E-state index contributed by atoms with van der Waals surface area (Å²) in [6.45, 7) is 5.59. The molecule has 0 saturated carbocycles. The number of rotatable bonds is 4. The summed E-state index contributed by atoms with van der Waals surface area (Å²) >= 11 is 0.796. The number of thiophene rings is 1. The Morgan fingerprint density at radius 2 is 2.02 bits per heavy atom. The van der Waals surface area contributed by atoms with Crippen molar-refractivity contribution in [2.75, 3.05) is 36.9 Å². The van der Waals surface area contributed by atoms with Crippen molar-refractivity contribution < 1.29 is 26.7 Å². The fourth-order valence-corrected chi connectivity index (χ4v) is 9.79. The molecule has 0 aliphatic carbocycles. The van der Waals surface area contributed by atoms with E-state index in [1.165, 1.54) is 0 Å². The lowest BCUT2D eigenvalue weighted by molar-refractivity contribution is 0.108. The van der Waals surface area contributed by atoms with Crippen LogP contribution in [0, 0.1) is 28.8 Å². The fourth-order valence-electron chi connectivity index (χ4n) is 8.87. The van der Waals surface area contributed by atoms with Crippen molar-refractivity contribution in [3.63, 3.8) is 0 Å². The van der Waals surface area contributed by atoms with E-state index in [1.807, 2.05) is 11.0 Å². The second-order valence-electron chi connectivity index (χ2n) is 13.7. The Morgan fingerprint density at radius 1 is 1.18 bits per heavy atom. The smallest absolute Gasteiger partial charge is 0.319 e. The minimum Gasteiger partial charge on any atom is -0.461 e. The Hall–Kier alpha value is -4.39. The summed E-state index contributed by atoms with van der Waals surface area (Å²) in [5.41, 5.74) is 4.60. The van der Waals surface area contributed by atoms with Crippen molar-refractivity contribution >= 4 is 48.7 Å². The van der Waals surface area contributed by atoms with Gasteiger partial charge in [0.1, 0.15) is 34.8 Å². The van der Waals surface area contributed by atoms with Gasteiger partial charge in [-0.1, -0.05) is 6.58 Å². The predicted octanol–water partition coefficient (Wildman–Crippen LogP) is 6.27. The highest BCUT2D eigenvalue weighted by Gasteiger charge is 2.49. The van der Waals surface area contributed by atoms with Gasteiger partial charge in [-0.2, -0.15) is 24.0 Å². The summed E-state index contributed by atoms with van der Waals surface area (Å²) in [4.78, 5) is 17.5. The van der Waals surface area contributed by atoms with Crippen LogP contribution in [0.4, 0.5) is 32.8 Å². The first kappa shape index (κ1) is 30.7. The molecule has 9 nitrogen and oxygen atoms in total. The van der Waals surface area contributed by atoms with E-state index >= 15 is 8.78 Å². The number of piperazine rings is 1. The van der Waals surface area contributed by atoms with E-state index in [-0.39, 0.29) is 92.1 Å². The molecule has 3 aromatic heterocycles. The SMILES string of the molecule is C=C1C[C@@H]2[C@@H]3CC[C@H](CN2c2nc(OC[C@@]45CCCN4CC(=C(F)F)C5)nc4c(F)c(-c5ncc(F)c6sc(N)c(C#N)c56)c(F)c1c24)N3. The second-order valence-corrected chi connectivity index (χ2v) is 14.7. The van der Waals surface area contributed by atoms with Gasteiger partial charge < -0.3 is 20.7 Å². The number of hydrogen-bond donors (Lipinski definition) is 2. The molecule has 2 bridgehead atoms. The number of pyridine rings is 1. The standard InChI is InChI=1S/C34H29F5N8OS/c1-14-7-20-19-4-3-16(43-19)12-47(20)32-23-21(14)25(36)24(27-22-17(9-40)31(41)49-29(22)18(35)10-42-27)26(37)28(23)44-33(45-32)48-13-34-5-2-6-46(34)11-15(8-34)30(38)39/h10,16,19-20,43H,1-8,11-13,41H2/t16-,19+,20-,34+/m1/s1. The van der Waals surface area contributed by atoms with E-state index in [0.29, 0.717) is 37.3 Å². The molecule has 252 valence electrons. The van der Waals surface area contributed by atoms with E-state index in [9.17, 15) is 18.4 Å². The maximum Gasteiger partial charge on any atom is 0.319 e. The molecule has 3 N–H and O–H groups in total. The summed E-state index contributed by atoms with van der Waals surface area (Å²) in [5, 5.41) is 13.6. The number of halogens is 5. The molecule has 0 radical (unpaired) electrons. The topological polar surface area (TPSA) is 116 Å². The Balaban J connectivity index is 1.27. The molecule has 5 aliphatic rings. The van der Waals surface area contributed by atoms with Gasteiger partial charge in [-0.15, -0.1) is 11.3 Å². The number of benzene rings is 1. The minimum absolute atomic E-state index is 0.0000467. The van der Waals surface area contributed by atoms with E-state index < -0.39 is 34.6 Å². The minimum atomic E-state index is -1.68. The number of aromatic nitrogens is 3. The molecule has 0 amide bonds. The average molecular weight is 693 g/mol. The first-order valence-corrected chi connectivity index (χ1v) is 17.0. The molecule has 49 heavy (non-hydrogen) atoms. The van der Waals surface area contributed by atoms with Crippen LogP contribution in [0.1, 0.15) is 49.7 Å². The highest BCUT2D eigenvalue weighted by Crippen LogP contribution is 2.49. The Labute approximate surface area is 280 Å². The molecule has 4 aromatic rings. The first-order chi connectivity index (χ1) is 23.6. The molecule has 9 rings (SSSR count). The zero-order valence-electron chi connectivity index (χ0n) is 26.1. The van der Waals surface area contributed by atoms with Crippen molar-refractivity contribution in [3.8, 4) is 23.3 Å². The van der Waals surface area contributed by atoms with Crippen LogP contribution in [-0.4, -0.2) is 69.8 Å². The van der Waals surface area contributed by atoms with Gasteiger partial charge >= 0.3 is 6.01 Å². The normalized spacial score (nSPS) is 26.0. The van der Waals surface area contributed by atoms with Crippen molar-refractivity contribution in [2.45, 2.75) is 62.2 Å². The molecule has 0 spiro atoms. The summed E-state index contributed by atoms with van der Waals surface area (Å²) in [7, 11) is 0. The number of anilines is 2. The van der Waals surface area contributed by atoms with E-state index in [4.69, 9.17) is 15.5 Å². The van der Waals surface area contributed by atoms with Crippen molar-refractivity contribution in [1.29, 1.82) is 5.26 Å². The summed E-state index contributed by atoms with van der Waals surface area (Å²) < 4.78 is 82.7. The number of ether oxygens (including phenoxy) is 1. The Bertz CT molecular complexity index is 2210. The summed E-state index contributed by atoms with van der Waals surface area (Å²) in [5.74, 6) is -2.54. The van der Waals surface area contributed by atoms with E-state index in [2.05, 4.69) is 26.8 Å².